The first-order valence-corrected chi connectivity index (χ1v) is 9.15. The highest BCUT2D eigenvalue weighted by molar-refractivity contribution is 6.41. The molecule has 3 aromatic rings. The highest BCUT2D eigenvalue weighted by Gasteiger charge is 2.28. The van der Waals surface area contributed by atoms with Crippen LogP contribution in [0.25, 0.3) is 22.0 Å². The molecule has 1 aromatic carbocycles. The molecular weight excluding hydrogens is 454 g/mol. The van der Waals surface area contributed by atoms with E-state index in [2.05, 4.69) is 15.3 Å². The number of benzene rings is 1. The van der Waals surface area contributed by atoms with E-state index in [1.165, 1.54) is 32.5 Å². The molecule has 2 heterocycles. The summed E-state index contributed by atoms with van der Waals surface area (Å²) in [5, 5.41) is 3.51. The SMILES string of the molecule is COc1cc(OC)c(Cl)c(-c2cc3cnc(Cl)cc3c(NCC(F)(F)F)n2)c1Cl. The first kappa shape index (κ1) is 21.5. The summed E-state index contributed by atoms with van der Waals surface area (Å²) in [6.07, 6.45) is -3.03. The number of ether oxygens (including phenoxy) is 2. The maximum absolute atomic E-state index is 12.8. The van der Waals surface area contributed by atoms with Crippen molar-refractivity contribution < 1.29 is 22.6 Å². The van der Waals surface area contributed by atoms with Crippen LogP contribution in [0.15, 0.2) is 24.4 Å². The molecule has 0 saturated heterocycles. The molecule has 0 atom stereocenters. The van der Waals surface area contributed by atoms with Gasteiger partial charge in [0.2, 0.25) is 0 Å². The Kier molecular flexibility index (Phi) is 6.16. The van der Waals surface area contributed by atoms with Gasteiger partial charge in [0.1, 0.15) is 29.0 Å². The van der Waals surface area contributed by atoms with Crippen LogP contribution in [-0.4, -0.2) is 36.9 Å². The molecule has 0 amide bonds. The van der Waals surface area contributed by atoms with Crippen molar-refractivity contribution in [3.63, 3.8) is 0 Å². The average molecular weight is 467 g/mol. The van der Waals surface area contributed by atoms with Crippen molar-refractivity contribution in [1.29, 1.82) is 0 Å². The number of halogens is 6. The minimum absolute atomic E-state index is 0.0481. The van der Waals surface area contributed by atoms with Crippen LogP contribution in [0.4, 0.5) is 19.0 Å². The summed E-state index contributed by atoms with van der Waals surface area (Å²) in [6, 6.07) is 4.50. The Hall–Kier alpha value is -2.16. The Morgan fingerprint density at radius 2 is 1.62 bits per heavy atom. The summed E-state index contributed by atoms with van der Waals surface area (Å²) < 4.78 is 48.8. The summed E-state index contributed by atoms with van der Waals surface area (Å²) in [7, 11) is 2.82. The molecule has 0 saturated carbocycles. The zero-order valence-electron chi connectivity index (χ0n) is 15.0. The van der Waals surface area contributed by atoms with E-state index in [-0.39, 0.29) is 43.8 Å². The van der Waals surface area contributed by atoms with Gasteiger partial charge < -0.3 is 14.8 Å². The number of methoxy groups -OCH3 is 2. The monoisotopic (exact) mass is 465 g/mol. The molecule has 0 unspecified atom stereocenters. The Bertz CT molecular complexity index is 1050. The van der Waals surface area contributed by atoms with E-state index in [1.54, 1.807) is 6.07 Å². The molecule has 29 heavy (non-hydrogen) atoms. The van der Waals surface area contributed by atoms with Crippen LogP contribution >= 0.6 is 34.8 Å². The predicted molar refractivity (Wildman–Crippen MR) is 108 cm³/mol. The lowest BCUT2D eigenvalue weighted by atomic mass is 10.1. The Labute approximate surface area is 178 Å². The third-order valence-corrected chi connectivity index (χ3v) is 4.92. The van der Waals surface area contributed by atoms with Crippen LogP contribution < -0.4 is 14.8 Å². The molecule has 11 heteroatoms. The third kappa shape index (κ3) is 4.55. The molecule has 0 aliphatic heterocycles. The number of hydrogen-bond acceptors (Lipinski definition) is 5. The van der Waals surface area contributed by atoms with E-state index in [4.69, 9.17) is 44.3 Å². The Morgan fingerprint density at radius 3 is 2.17 bits per heavy atom. The minimum Gasteiger partial charge on any atom is -0.495 e. The number of alkyl halides is 3. The summed E-state index contributed by atoms with van der Waals surface area (Å²) in [5.74, 6) is 0.487. The van der Waals surface area contributed by atoms with E-state index < -0.39 is 12.7 Å². The number of nitrogens with one attached hydrogen (secondary N) is 1. The topological polar surface area (TPSA) is 56.3 Å². The Balaban J connectivity index is 2.27. The smallest absolute Gasteiger partial charge is 0.405 e. The largest absolute Gasteiger partial charge is 0.495 e. The standard InChI is InChI=1S/C18H13Cl3F3N3O2/c1-28-11-5-12(29-2)16(21)14(15(11)20)10-3-8-6-25-13(19)4-9(8)17(27-10)26-7-18(22,23)24/h3-6H,7H2,1-2H3,(H,26,27). The van der Waals surface area contributed by atoms with Gasteiger partial charge in [0, 0.05) is 28.6 Å². The molecule has 0 spiro atoms. The average Bonchev–Trinajstić information content (AvgIpc) is 2.66. The lowest BCUT2D eigenvalue weighted by molar-refractivity contribution is -0.115. The zero-order valence-corrected chi connectivity index (χ0v) is 17.3. The van der Waals surface area contributed by atoms with Gasteiger partial charge in [0.05, 0.1) is 30.0 Å². The quantitative estimate of drug-likeness (QED) is 0.451. The number of hydrogen-bond donors (Lipinski definition) is 1. The van der Waals surface area contributed by atoms with Crippen LogP contribution in [0.2, 0.25) is 15.2 Å². The van der Waals surface area contributed by atoms with Gasteiger partial charge in [0.15, 0.2) is 0 Å². The maximum Gasteiger partial charge on any atom is 0.405 e. The van der Waals surface area contributed by atoms with Crippen LogP contribution in [0, 0.1) is 0 Å². The number of pyridine rings is 2. The predicted octanol–water partition coefficient (Wildman–Crippen LogP) is 6.25. The van der Waals surface area contributed by atoms with Gasteiger partial charge >= 0.3 is 6.18 Å². The number of nitrogens with zero attached hydrogens (tertiary/aromatic N) is 2. The fourth-order valence-corrected chi connectivity index (χ4v) is 3.53. The van der Waals surface area contributed by atoms with Crippen molar-refractivity contribution in [2.24, 2.45) is 0 Å². The lowest BCUT2D eigenvalue weighted by Crippen LogP contribution is -2.22. The highest BCUT2D eigenvalue weighted by Crippen LogP contribution is 2.46. The molecule has 0 aliphatic carbocycles. The van der Waals surface area contributed by atoms with E-state index in [9.17, 15) is 13.2 Å². The second-order valence-corrected chi connectivity index (χ2v) is 6.98. The van der Waals surface area contributed by atoms with E-state index in [1.807, 2.05) is 0 Å². The van der Waals surface area contributed by atoms with Crippen molar-refractivity contribution in [1.82, 2.24) is 9.97 Å². The molecule has 1 N–H and O–H groups in total. The van der Waals surface area contributed by atoms with Crippen LogP contribution in [0.5, 0.6) is 11.5 Å². The number of anilines is 1. The van der Waals surface area contributed by atoms with Crippen molar-refractivity contribution in [2.45, 2.75) is 6.18 Å². The summed E-state index contributed by atoms with van der Waals surface area (Å²) in [5.41, 5.74) is 0.454. The summed E-state index contributed by atoms with van der Waals surface area (Å²) >= 11 is 18.7. The molecule has 0 aliphatic rings. The molecule has 3 rings (SSSR count). The zero-order chi connectivity index (χ0) is 21.3. The molecule has 154 valence electrons. The van der Waals surface area contributed by atoms with E-state index >= 15 is 0 Å². The Morgan fingerprint density at radius 1 is 1.00 bits per heavy atom. The number of rotatable bonds is 5. The van der Waals surface area contributed by atoms with Gasteiger partial charge in [-0.1, -0.05) is 34.8 Å². The van der Waals surface area contributed by atoms with Crippen LogP contribution in [0.3, 0.4) is 0 Å². The fourth-order valence-electron chi connectivity index (χ4n) is 2.68. The van der Waals surface area contributed by atoms with Gasteiger partial charge in [-0.3, -0.25) is 0 Å². The minimum atomic E-state index is -4.45. The van der Waals surface area contributed by atoms with Gasteiger partial charge in [-0.2, -0.15) is 13.2 Å². The van der Waals surface area contributed by atoms with Gasteiger partial charge in [-0.15, -0.1) is 0 Å². The summed E-state index contributed by atoms with van der Waals surface area (Å²) in [4.78, 5) is 8.29. The second kappa shape index (κ2) is 8.30. The van der Waals surface area contributed by atoms with Gasteiger partial charge in [-0.05, 0) is 12.1 Å². The third-order valence-electron chi connectivity index (χ3n) is 3.97. The van der Waals surface area contributed by atoms with Gasteiger partial charge in [0.25, 0.3) is 0 Å². The van der Waals surface area contributed by atoms with Crippen LogP contribution in [-0.2, 0) is 0 Å². The molecule has 0 radical (unpaired) electrons. The molecule has 5 nitrogen and oxygen atoms in total. The number of fused-ring (bicyclic) bond motifs is 1. The summed E-state index contributed by atoms with van der Waals surface area (Å²) in [6.45, 7) is -1.29. The highest BCUT2D eigenvalue weighted by atomic mass is 35.5. The van der Waals surface area contributed by atoms with Crippen molar-refractivity contribution in [2.75, 3.05) is 26.1 Å². The van der Waals surface area contributed by atoms with Crippen molar-refractivity contribution in [3.8, 4) is 22.8 Å². The fraction of sp³-hybridized carbons (Fsp3) is 0.222. The first-order valence-electron chi connectivity index (χ1n) is 8.02. The lowest BCUT2D eigenvalue weighted by Gasteiger charge is -2.17. The first-order chi connectivity index (χ1) is 13.6. The van der Waals surface area contributed by atoms with Crippen molar-refractivity contribution >= 4 is 51.4 Å². The molecule has 0 fully saturated rings. The molecule has 2 aromatic heterocycles. The second-order valence-electron chi connectivity index (χ2n) is 5.84. The van der Waals surface area contributed by atoms with E-state index in [0.717, 1.165) is 0 Å². The maximum atomic E-state index is 12.8. The number of aromatic nitrogens is 2. The van der Waals surface area contributed by atoms with E-state index in [0.29, 0.717) is 10.8 Å². The normalized spacial score (nSPS) is 11.6. The molecule has 0 bridgehead atoms. The van der Waals surface area contributed by atoms with Crippen LogP contribution in [0.1, 0.15) is 0 Å². The molecular formula is C18H13Cl3F3N3O2. The van der Waals surface area contributed by atoms with Gasteiger partial charge in [-0.25, -0.2) is 9.97 Å². The van der Waals surface area contributed by atoms with Crippen molar-refractivity contribution in [3.05, 3.63) is 39.6 Å².